The van der Waals surface area contributed by atoms with Crippen molar-refractivity contribution in [1.29, 1.82) is 0 Å². The Morgan fingerprint density at radius 3 is 2.59 bits per heavy atom. The molecule has 0 aliphatic carbocycles. The molecule has 5 rings (SSSR count). The number of hydrogen-bond acceptors (Lipinski definition) is 6. The van der Waals surface area contributed by atoms with Crippen molar-refractivity contribution in [2.45, 2.75) is 18.9 Å². The number of aromatic nitrogens is 5. The minimum Gasteiger partial charge on any atom is -0.478 e. The van der Waals surface area contributed by atoms with Gasteiger partial charge in [-0.2, -0.15) is 4.68 Å². The molecule has 4 aromatic rings. The topological polar surface area (TPSA) is 132 Å². The number of carbonyl (C=O) groups excluding carboxylic acids is 1. The maximum absolute atomic E-state index is 13.1. The molecule has 0 saturated carbocycles. The fourth-order valence-electron chi connectivity index (χ4n) is 4.13. The minimum atomic E-state index is -1.05. The van der Waals surface area contributed by atoms with Crippen LogP contribution in [-0.4, -0.2) is 41.8 Å². The summed E-state index contributed by atoms with van der Waals surface area (Å²) in [6, 6.07) is 13.7. The van der Waals surface area contributed by atoms with E-state index in [9.17, 15) is 14.4 Å². The number of hydrogen-bond donors (Lipinski definition) is 2. The number of aromatic carboxylic acids is 1. The number of tetrazole rings is 1. The van der Waals surface area contributed by atoms with Crippen molar-refractivity contribution in [3.05, 3.63) is 87.6 Å². The van der Waals surface area contributed by atoms with Crippen LogP contribution in [0.3, 0.4) is 0 Å². The molecule has 1 aliphatic heterocycles. The first kappa shape index (κ1) is 21.5. The number of carboxylic acids is 1. The van der Waals surface area contributed by atoms with Crippen molar-refractivity contribution in [1.82, 2.24) is 24.8 Å². The van der Waals surface area contributed by atoms with E-state index in [0.29, 0.717) is 40.4 Å². The maximum Gasteiger partial charge on any atom is 0.335 e. The number of pyridine rings is 1. The fourth-order valence-corrected chi connectivity index (χ4v) is 4.30. The van der Waals surface area contributed by atoms with Crippen molar-refractivity contribution in [3.63, 3.8) is 0 Å². The Hall–Kier alpha value is -4.31. The van der Waals surface area contributed by atoms with Gasteiger partial charge in [0, 0.05) is 28.0 Å². The smallest absolute Gasteiger partial charge is 0.335 e. The van der Waals surface area contributed by atoms with Crippen LogP contribution in [0.1, 0.15) is 28.5 Å². The summed E-state index contributed by atoms with van der Waals surface area (Å²) < 4.78 is 2.98. The van der Waals surface area contributed by atoms with Gasteiger partial charge in [0.1, 0.15) is 12.4 Å². The molecular weight excluding hydrogens is 460 g/mol. The standard InChI is InChI=1S/C23H17ClN6O4/c24-15-3-7-19(29-12-25-27-28-29)18(11-15)14-9-17-6-8-20(30(17)21(31)10-14)22(32)26-16-4-1-13(2-5-16)23(33)34/h1-5,7,9-12,20H,6,8H2,(H,26,32)(H,33,34)/t20-/m0/s1. The van der Waals surface area contributed by atoms with E-state index >= 15 is 0 Å². The van der Waals surface area contributed by atoms with E-state index in [4.69, 9.17) is 16.7 Å². The van der Waals surface area contributed by atoms with Gasteiger partial charge >= 0.3 is 5.97 Å². The molecule has 34 heavy (non-hydrogen) atoms. The number of aryl methyl sites for hydroxylation is 1. The van der Waals surface area contributed by atoms with Gasteiger partial charge in [0.25, 0.3) is 5.56 Å². The van der Waals surface area contributed by atoms with Crippen LogP contribution in [-0.2, 0) is 11.2 Å². The van der Waals surface area contributed by atoms with Gasteiger partial charge in [0.15, 0.2) is 0 Å². The second-order valence-corrected chi connectivity index (χ2v) is 8.22. The van der Waals surface area contributed by atoms with Crippen molar-refractivity contribution in [3.8, 4) is 16.8 Å². The Kier molecular flexibility index (Phi) is 5.42. The summed E-state index contributed by atoms with van der Waals surface area (Å²) in [4.78, 5) is 37.1. The van der Waals surface area contributed by atoms with Gasteiger partial charge in [0.05, 0.1) is 11.3 Å². The summed E-state index contributed by atoms with van der Waals surface area (Å²) in [5, 5.41) is 23.5. The second-order valence-electron chi connectivity index (χ2n) is 7.79. The van der Waals surface area contributed by atoms with E-state index in [-0.39, 0.29) is 17.0 Å². The molecule has 1 aliphatic rings. The highest BCUT2D eigenvalue weighted by atomic mass is 35.5. The Morgan fingerprint density at radius 2 is 1.88 bits per heavy atom. The van der Waals surface area contributed by atoms with Crippen molar-refractivity contribution >= 4 is 29.2 Å². The van der Waals surface area contributed by atoms with Crippen LogP contribution < -0.4 is 10.9 Å². The number of rotatable bonds is 5. The number of amides is 1. The molecule has 1 atom stereocenters. The average Bonchev–Trinajstić information content (AvgIpc) is 3.50. The largest absolute Gasteiger partial charge is 0.478 e. The molecule has 0 saturated heterocycles. The van der Waals surface area contributed by atoms with Crippen LogP contribution in [0, 0.1) is 0 Å². The third-order valence-corrected chi connectivity index (χ3v) is 5.94. The van der Waals surface area contributed by atoms with Gasteiger partial charge in [0.2, 0.25) is 5.91 Å². The van der Waals surface area contributed by atoms with Gasteiger partial charge in [-0.25, -0.2) is 4.79 Å². The van der Waals surface area contributed by atoms with Crippen LogP contribution in [0.15, 0.2) is 65.7 Å². The van der Waals surface area contributed by atoms with Crippen molar-refractivity contribution < 1.29 is 14.7 Å². The van der Waals surface area contributed by atoms with Crippen molar-refractivity contribution in [2.24, 2.45) is 0 Å². The lowest BCUT2D eigenvalue weighted by Gasteiger charge is -2.16. The Balaban J connectivity index is 1.46. The van der Waals surface area contributed by atoms with Crippen LogP contribution >= 0.6 is 11.6 Å². The van der Waals surface area contributed by atoms with Crippen LogP contribution in [0.5, 0.6) is 0 Å². The first-order valence-electron chi connectivity index (χ1n) is 10.3. The molecule has 10 nitrogen and oxygen atoms in total. The second kappa shape index (κ2) is 8.56. The van der Waals surface area contributed by atoms with Crippen LogP contribution in [0.25, 0.3) is 16.8 Å². The summed E-state index contributed by atoms with van der Waals surface area (Å²) in [5.41, 5.74) is 2.99. The molecule has 3 heterocycles. The van der Waals surface area contributed by atoms with Gasteiger partial charge in [-0.1, -0.05) is 11.6 Å². The van der Waals surface area contributed by atoms with E-state index in [1.165, 1.54) is 45.9 Å². The number of benzene rings is 2. The quantitative estimate of drug-likeness (QED) is 0.452. The third-order valence-electron chi connectivity index (χ3n) is 5.70. The summed E-state index contributed by atoms with van der Waals surface area (Å²) >= 11 is 6.22. The van der Waals surface area contributed by atoms with E-state index in [2.05, 4.69) is 20.8 Å². The summed E-state index contributed by atoms with van der Waals surface area (Å²) in [6.45, 7) is 0. The lowest BCUT2D eigenvalue weighted by Crippen LogP contribution is -2.31. The van der Waals surface area contributed by atoms with Gasteiger partial charge in [-0.05, 0) is 77.4 Å². The number of fused-ring (bicyclic) bond motifs is 1. The number of halogens is 1. The van der Waals surface area contributed by atoms with Crippen LogP contribution in [0.4, 0.5) is 5.69 Å². The van der Waals surface area contributed by atoms with E-state index in [1.54, 1.807) is 18.2 Å². The zero-order valence-corrected chi connectivity index (χ0v) is 18.3. The minimum absolute atomic E-state index is 0.120. The molecule has 11 heteroatoms. The van der Waals surface area contributed by atoms with Gasteiger partial charge in [-0.3, -0.25) is 9.59 Å². The van der Waals surface area contributed by atoms with Crippen LogP contribution in [0.2, 0.25) is 5.02 Å². The zero-order valence-electron chi connectivity index (χ0n) is 17.6. The van der Waals surface area contributed by atoms with E-state index in [1.807, 2.05) is 6.07 Å². The highest BCUT2D eigenvalue weighted by Crippen LogP contribution is 2.32. The fraction of sp³-hybridized carbons (Fsp3) is 0.130. The normalized spacial score (nSPS) is 14.6. The third kappa shape index (κ3) is 3.95. The SMILES string of the molecule is O=C(O)c1ccc(NC(=O)[C@@H]2CCc3cc(-c4cc(Cl)ccc4-n4cnnn4)cc(=O)n32)cc1. The highest BCUT2D eigenvalue weighted by Gasteiger charge is 2.30. The Labute approximate surface area is 197 Å². The highest BCUT2D eigenvalue weighted by molar-refractivity contribution is 6.31. The predicted molar refractivity (Wildman–Crippen MR) is 123 cm³/mol. The molecule has 0 unspecified atom stereocenters. The van der Waals surface area contributed by atoms with Gasteiger partial charge in [-0.15, -0.1) is 5.10 Å². The Bertz CT molecular complexity index is 1460. The van der Waals surface area contributed by atoms with E-state index < -0.39 is 12.0 Å². The molecular formula is C23H17ClN6O4. The summed E-state index contributed by atoms with van der Waals surface area (Å²) in [5.74, 6) is -1.39. The van der Waals surface area contributed by atoms with Crippen molar-refractivity contribution in [2.75, 3.05) is 5.32 Å². The molecule has 1 amide bonds. The number of carboxylic acid groups (broad SMARTS) is 1. The number of anilines is 1. The first-order chi connectivity index (χ1) is 16.4. The molecule has 2 N–H and O–H groups in total. The average molecular weight is 477 g/mol. The Morgan fingerprint density at radius 1 is 1.09 bits per heavy atom. The lowest BCUT2D eigenvalue weighted by molar-refractivity contribution is -0.119. The summed E-state index contributed by atoms with van der Waals surface area (Å²) in [7, 11) is 0. The summed E-state index contributed by atoms with van der Waals surface area (Å²) in [6.07, 6.45) is 2.46. The van der Waals surface area contributed by atoms with Gasteiger partial charge < -0.3 is 15.0 Å². The maximum atomic E-state index is 13.1. The van der Waals surface area contributed by atoms with E-state index in [0.717, 1.165) is 5.69 Å². The molecule has 0 bridgehead atoms. The first-order valence-corrected chi connectivity index (χ1v) is 10.7. The predicted octanol–water partition coefficient (Wildman–Crippen LogP) is 2.97. The monoisotopic (exact) mass is 476 g/mol. The lowest BCUT2D eigenvalue weighted by atomic mass is 10.0. The molecule has 2 aromatic carbocycles. The zero-order chi connectivity index (χ0) is 23.8. The molecule has 0 spiro atoms. The molecule has 0 fully saturated rings. The number of nitrogens with zero attached hydrogens (tertiary/aromatic N) is 5. The number of carbonyl (C=O) groups is 2. The molecule has 0 radical (unpaired) electrons. The molecule has 2 aromatic heterocycles. The molecule has 170 valence electrons. The number of nitrogens with one attached hydrogen (secondary N) is 1.